The van der Waals surface area contributed by atoms with Crippen molar-refractivity contribution in [2.75, 3.05) is 12.0 Å². The Morgan fingerprint density at radius 1 is 1.30 bits per heavy atom. The number of nitrogens with two attached hydrogens (primary N) is 1. The SMILES string of the molecule is [B]C([B])([B])Cn1nc(Cl)c2c1-c1cnc(NCOC(=O)C(N)C(C)C)c(c1)O[C@H](C)c1cc(F)ccc1-c1nn(C)cc1C2. The highest BCUT2D eigenvalue weighted by Gasteiger charge is 2.28. The van der Waals surface area contributed by atoms with Gasteiger partial charge < -0.3 is 20.5 Å². The molecular weight excluding hydrogens is 581 g/mol. The molecule has 2 atom stereocenters. The molecule has 0 spiro atoms. The highest BCUT2D eigenvalue weighted by Crippen LogP contribution is 2.41. The van der Waals surface area contributed by atoms with Crippen molar-refractivity contribution >= 4 is 46.9 Å². The molecule has 44 heavy (non-hydrogen) atoms. The number of nitrogens with one attached hydrogen (secondary N) is 1. The standard InChI is InChI=1S/C29H30B3ClFN7O3/c1-14(2)23(35)28(42)43-13-37-27-22-8-16(10-36-27)25-21(26(33)39-41(25)12-29(30,31)32)7-17-11-40(4)38-24(17)19-6-5-18(34)9-20(19)15(3)44-22/h5-6,8-11,14-15,23H,7,12-13,35H2,1-4H3,(H,36,37)/t15-,23?/m1/s1. The number of hydrogen-bond acceptors (Lipinski definition) is 8. The van der Waals surface area contributed by atoms with Crippen molar-refractivity contribution < 1.29 is 18.7 Å². The van der Waals surface area contributed by atoms with Gasteiger partial charge in [-0.05, 0) is 37.1 Å². The topological polar surface area (TPSA) is 122 Å². The van der Waals surface area contributed by atoms with Crippen LogP contribution < -0.4 is 15.8 Å². The lowest BCUT2D eigenvalue weighted by Gasteiger charge is -2.24. The monoisotopic (exact) mass is 611 g/mol. The predicted octanol–water partition coefficient (Wildman–Crippen LogP) is 3.66. The number of fused-ring (bicyclic) bond motifs is 7. The molecule has 0 saturated heterocycles. The van der Waals surface area contributed by atoms with Crippen molar-refractivity contribution in [3.63, 3.8) is 0 Å². The fourth-order valence-corrected chi connectivity index (χ4v) is 5.34. The normalized spacial score (nSPS) is 15.2. The van der Waals surface area contributed by atoms with Crippen LogP contribution in [0.5, 0.6) is 5.75 Å². The number of anilines is 1. The first kappa shape index (κ1) is 31.7. The number of hydrogen-bond donors (Lipinski definition) is 2. The van der Waals surface area contributed by atoms with Crippen molar-refractivity contribution in [3.05, 3.63) is 64.3 Å². The molecule has 4 aromatic rings. The van der Waals surface area contributed by atoms with Crippen molar-refractivity contribution in [1.82, 2.24) is 24.5 Å². The third-order valence-corrected chi connectivity index (χ3v) is 7.58. The summed E-state index contributed by atoms with van der Waals surface area (Å²) in [6.45, 7) is 5.16. The summed E-state index contributed by atoms with van der Waals surface area (Å²) in [6.07, 6.45) is 3.11. The summed E-state index contributed by atoms with van der Waals surface area (Å²) >= 11 is 6.74. The summed E-state index contributed by atoms with van der Waals surface area (Å²) in [5, 5.41) is 10.8. The van der Waals surface area contributed by atoms with E-state index in [9.17, 15) is 9.18 Å². The van der Waals surface area contributed by atoms with Gasteiger partial charge in [-0.3, -0.25) is 14.2 Å². The van der Waals surface area contributed by atoms with Crippen molar-refractivity contribution in [1.29, 1.82) is 0 Å². The second-order valence-corrected chi connectivity index (χ2v) is 11.7. The molecule has 1 aliphatic rings. The number of pyridine rings is 1. The van der Waals surface area contributed by atoms with E-state index < -0.39 is 29.0 Å². The lowest BCUT2D eigenvalue weighted by atomic mass is 9.43. The van der Waals surface area contributed by atoms with Gasteiger partial charge in [0.25, 0.3) is 0 Å². The number of nitrogens with zero attached hydrogens (tertiary/aromatic N) is 5. The maximum Gasteiger partial charge on any atom is 0.324 e. The Bertz CT molecular complexity index is 1710. The Balaban J connectivity index is 1.66. The number of benzene rings is 1. The van der Waals surface area contributed by atoms with Crippen LogP contribution in [0.25, 0.3) is 22.5 Å². The molecule has 0 amide bonds. The van der Waals surface area contributed by atoms with Gasteiger partial charge in [0.2, 0.25) is 0 Å². The molecule has 2 bridgehead atoms. The highest BCUT2D eigenvalue weighted by atomic mass is 35.5. The number of halogens is 2. The van der Waals surface area contributed by atoms with E-state index in [1.165, 1.54) is 16.8 Å². The Morgan fingerprint density at radius 3 is 2.75 bits per heavy atom. The van der Waals surface area contributed by atoms with Gasteiger partial charge >= 0.3 is 5.97 Å². The number of aryl methyl sites for hydroxylation is 1. The maximum absolute atomic E-state index is 14.6. The van der Waals surface area contributed by atoms with Crippen LogP contribution in [0.3, 0.4) is 0 Å². The molecule has 1 unspecified atom stereocenters. The van der Waals surface area contributed by atoms with E-state index in [1.54, 1.807) is 37.0 Å². The van der Waals surface area contributed by atoms with E-state index in [4.69, 9.17) is 55.4 Å². The molecule has 0 saturated carbocycles. The zero-order valence-corrected chi connectivity index (χ0v) is 25.6. The number of aromatic nitrogens is 5. The average Bonchev–Trinajstić information content (AvgIpc) is 3.45. The number of carbonyl (C=O) groups is 1. The van der Waals surface area contributed by atoms with Gasteiger partial charge in [0, 0.05) is 60.2 Å². The van der Waals surface area contributed by atoms with E-state index >= 15 is 0 Å². The molecule has 5 rings (SSSR count). The third kappa shape index (κ3) is 6.66. The molecule has 222 valence electrons. The molecule has 15 heteroatoms. The van der Waals surface area contributed by atoms with Gasteiger partial charge in [-0.25, -0.2) is 9.37 Å². The molecule has 3 aromatic heterocycles. The zero-order valence-electron chi connectivity index (χ0n) is 24.8. The molecule has 0 aliphatic carbocycles. The molecule has 4 heterocycles. The number of carbonyl (C=O) groups excluding carboxylic acids is 1. The van der Waals surface area contributed by atoms with Crippen LogP contribution in [0.15, 0.2) is 36.7 Å². The van der Waals surface area contributed by atoms with Crippen LogP contribution in [0.4, 0.5) is 10.2 Å². The van der Waals surface area contributed by atoms with Gasteiger partial charge in [0.1, 0.15) is 18.0 Å². The van der Waals surface area contributed by atoms with Gasteiger partial charge in [0.05, 0.1) is 34.9 Å². The van der Waals surface area contributed by atoms with Crippen LogP contribution in [-0.4, -0.2) is 66.8 Å². The summed E-state index contributed by atoms with van der Waals surface area (Å²) in [6, 6.07) is 5.42. The third-order valence-electron chi connectivity index (χ3n) is 7.28. The van der Waals surface area contributed by atoms with Gasteiger partial charge in [0.15, 0.2) is 23.5 Å². The fraction of sp³-hybridized carbons (Fsp3) is 0.379. The Morgan fingerprint density at radius 2 is 2.05 bits per heavy atom. The van der Waals surface area contributed by atoms with E-state index in [1.807, 2.05) is 20.0 Å². The lowest BCUT2D eigenvalue weighted by Crippen LogP contribution is -2.37. The minimum Gasteiger partial charge on any atom is -0.482 e. The summed E-state index contributed by atoms with van der Waals surface area (Å²) in [4.78, 5) is 16.9. The van der Waals surface area contributed by atoms with Crippen LogP contribution >= 0.6 is 11.6 Å². The smallest absolute Gasteiger partial charge is 0.324 e. The highest BCUT2D eigenvalue weighted by molar-refractivity contribution is 6.58. The average molecular weight is 611 g/mol. The molecule has 6 radical (unpaired) electrons. The molecule has 10 nitrogen and oxygen atoms in total. The molecule has 3 N–H and O–H groups in total. The van der Waals surface area contributed by atoms with E-state index in [0.717, 1.165) is 5.56 Å². The van der Waals surface area contributed by atoms with E-state index in [0.29, 0.717) is 40.1 Å². The van der Waals surface area contributed by atoms with Crippen LogP contribution in [0.2, 0.25) is 10.3 Å². The van der Waals surface area contributed by atoms with Crippen molar-refractivity contribution in [2.45, 2.75) is 51.0 Å². The van der Waals surface area contributed by atoms with Gasteiger partial charge in [-0.2, -0.15) is 10.2 Å². The first-order valence-electron chi connectivity index (χ1n) is 14.0. The zero-order chi connectivity index (χ0) is 31.9. The largest absolute Gasteiger partial charge is 0.482 e. The molecule has 1 aliphatic heterocycles. The second-order valence-electron chi connectivity index (χ2n) is 11.4. The number of esters is 1. The van der Waals surface area contributed by atoms with Crippen molar-refractivity contribution in [2.24, 2.45) is 18.7 Å². The first-order valence-corrected chi connectivity index (χ1v) is 14.4. The fourth-order valence-electron chi connectivity index (χ4n) is 5.09. The van der Waals surface area contributed by atoms with Gasteiger partial charge in [-0.15, -0.1) is 5.11 Å². The Hall–Kier alpha value is -3.77. The number of ether oxygens (including phenoxy) is 2. The molecular formula is C29H30B3ClFN7O3. The van der Waals surface area contributed by atoms with E-state index in [2.05, 4.69) is 15.4 Å². The first-order chi connectivity index (χ1) is 20.7. The van der Waals surface area contributed by atoms with E-state index in [-0.39, 0.29) is 35.9 Å². The Kier molecular flexibility index (Phi) is 8.86. The minimum atomic E-state index is -1.60. The maximum atomic E-state index is 14.6. The van der Waals surface area contributed by atoms with Crippen molar-refractivity contribution in [3.8, 4) is 28.3 Å². The molecule has 1 aromatic carbocycles. The van der Waals surface area contributed by atoms with Crippen LogP contribution in [-0.2, 0) is 29.5 Å². The summed E-state index contributed by atoms with van der Waals surface area (Å²) < 4.78 is 29.6. The summed E-state index contributed by atoms with van der Waals surface area (Å²) in [5.74, 6) is -0.536. The van der Waals surface area contributed by atoms with Crippen LogP contribution in [0, 0.1) is 11.7 Å². The minimum absolute atomic E-state index is 0.0668. The van der Waals surface area contributed by atoms with Crippen LogP contribution in [0.1, 0.15) is 43.6 Å². The number of rotatable bonds is 7. The predicted molar refractivity (Wildman–Crippen MR) is 168 cm³/mol. The summed E-state index contributed by atoms with van der Waals surface area (Å²) in [7, 11) is 19.7. The quantitative estimate of drug-likeness (QED) is 0.185. The summed E-state index contributed by atoms with van der Waals surface area (Å²) in [5.41, 5.74) is 10.4. The molecule has 0 fully saturated rings. The van der Waals surface area contributed by atoms with Gasteiger partial charge in [-0.1, -0.05) is 25.4 Å². The second kappa shape index (κ2) is 12.3. The lowest BCUT2D eigenvalue weighted by molar-refractivity contribution is -0.145. The Labute approximate surface area is 264 Å².